The molecule has 29 heavy (non-hydrogen) atoms. The van der Waals surface area contributed by atoms with E-state index in [2.05, 4.69) is 15.6 Å². The average Bonchev–Trinajstić information content (AvgIpc) is 3.10. The Labute approximate surface area is 168 Å². The largest absolute Gasteiger partial charge is 0.322 e. The first kappa shape index (κ1) is 18.4. The van der Waals surface area contributed by atoms with Crippen LogP contribution in [-0.2, 0) is 4.79 Å². The summed E-state index contributed by atoms with van der Waals surface area (Å²) in [7, 11) is 0. The molecular weight excluding hydrogens is 364 g/mol. The van der Waals surface area contributed by atoms with Crippen LogP contribution in [-0.4, -0.2) is 21.2 Å². The van der Waals surface area contributed by atoms with E-state index in [9.17, 15) is 9.59 Å². The zero-order valence-corrected chi connectivity index (χ0v) is 16.1. The van der Waals surface area contributed by atoms with Gasteiger partial charge in [0.05, 0.1) is 6.20 Å². The molecule has 0 aliphatic rings. The molecule has 0 aliphatic carbocycles. The number of hydrogen-bond donors (Lipinski definition) is 2. The van der Waals surface area contributed by atoms with Crippen LogP contribution in [0.3, 0.4) is 0 Å². The van der Waals surface area contributed by atoms with Crippen molar-refractivity contribution in [2.24, 2.45) is 0 Å². The Kier molecular flexibility index (Phi) is 4.83. The van der Waals surface area contributed by atoms with E-state index >= 15 is 0 Å². The van der Waals surface area contributed by atoms with Crippen LogP contribution < -0.4 is 10.6 Å². The molecule has 0 bridgehead atoms. The van der Waals surface area contributed by atoms with Gasteiger partial charge in [-0.3, -0.25) is 9.59 Å². The number of nitrogens with zero attached hydrogens (tertiary/aromatic N) is 2. The molecule has 0 unspecified atom stereocenters. The van der Waals surface area contributed by atoms with Crippen molar-refractivity contribution in [2.75, 3.05) is 10.6 Å². The van der Waals surface area contributed by atoms with Crippen LogP contribution in [0.1, 0.15) is 22.8 Å². The number of hydrogen-bond acceptors (Lipinski definition) is 3. The van der Waals surface area contributed by atoms with Crippen LogP contribution in [0, 0.1) is 6.92 Å². The SMILES string of the molecule is CC(=O)Nc1cn2cc(-c3cc(NC(=O)c4ccccc4)ccc3C)ccc2n1. The van der Waals surface area contributed by atoms with Crippen molar-refractivity contribution in [1.29, 1.82) is 0 Å². The molecule has 0 saturated carbocycles. The number of aryl methyl sites for hydroxylation is 1. The Morgan fingerprint density at radius 1 is 0.931 bits per heavy atom. The molecular formula is C23H20N4O2. The van der Waals surface area contributed by atoms with Gasteiger partial charge in [0.2, 0.25) is 5.91 Å². The van der Waals surface area contributed by atoms with Crippen molar-refractivity contribution >= 4 is 29.0 Å². The minimum Gasteiger partial charge on any atom is -0.322 e. The van der Waals surface area contributed by atoms with E-state index in [1.54, 1.807) is 18.3 Å². The lowest BCUT2D eigenvalue weighted by Crippen LogP contribution is -2.11. The molecule has 0 saturated heterocycles. The Bertz CT molecular complexity index is 1210. The number of imidazole rings is 1. The first-order chi connectivity index (χ1) is 14.0. The van der Waals surface area contributed by atoms with Crippen LogP contribution in [0.15, 0.2) is 73.1 Å². The lowest BCUT2D eigenvalue weighted by atomic mass is 10.0. The predicted octanol–water partition coefficient (Wildman–Crippen LogP) is 4.52. The lowest BCUT2D eigenvalue weighted by molar-refractivity contribution is -0.114. The number of benzene rings is 2. The molecule has 2 aromatic heterocycles. The highest BCUT2D eigenvalue weighted by Crippen LogP contribution is 2.27. The highest BCUT2D eigenvalue weighted by Gasteiger charge is 2.10. The first-order valence-corrected chi connectivity index (χ1v) is 9.23. The fourth-order valence-electron chi connectivity index (χ4n) is 3.20. The molecule has 4 rings (SSSR count). The Morgan fingerprint density at radius 3 is 2.48 bits per heavy atom. The quantitative estimate of drug-likeness (QED) is 0.543. The zero-order valence-electron chi connectivity index (χ0n) is 16.1. The number of carbonyl (C=O) groups is 2. The number of nitrogens with one attached hydrogen (secondary N) is 2. The maximum atomic E-state index is 12.5. The van der Waals surface area contributed by atoms with Crippen molar-refractivity contribution in [2.45, 2.75) is 13.8 Å². The van der Waals surface area contributed by atoms with Gasteiger partial charge in [0.1, 0.15) is 5.65 Å². The molecule has 144 valence electrons. The molecule has 2 N–H and O–H groups in total. The van der Waals surface area contributed by atoms with Crippen LogP contribution >= 0.6 is 0 Å². The maximum Gasteiger partial charge on any atom is 0.255 e. The topological polar surface area (TPSA) is 75.5 Å². The molecule has 6 heteroatoms. The zero-order chi connectivity index (χ0) is 20.4. The van der Waals surface area contributed by atoms with Gasteiger partial charge in [0.15, 0.2) is 5.82 Å². The molecule has 2 amide bonds. The molecule has 6 nitrogen and oxygen atoms in total. The van der Waals surface area contributed by atoms with Gasteiger partial charge in [-0.2, -0.15) is 0 Å². The van der Waals surface area contributed by atoms with E-state index in [4.69, 9.17) is 0 Å². The Morgan fingerprint density at radius 2 is 1.72 bits per heavy atom. The summed E-state index contributed by atoms with van der Waals surface area (Å²) in [6, 6.07) is 18.8. The van der Waals surface area contributed by atoms with Crippen molar-refractivity contribution in [1.82, 2.24) is 9.38 Å². The highest BCUT2D eigenvalue weighted by molar-refractivity contribution is 6.04. The number of anilines is 2. The summed E-state index contributed by atoms with van der Waals surface area (Å²) in [4.78, 5) is 28.1. The monoisotopic (exact) mass is 384 g/mol. The Balaban J connectivity index is 1.65. The summed E-state index contributed by atoms with van der Waals surface area (Å²) < 4.78 is 1.87. The fraction of sp³-hybridized carbons (Fsp3) is 0.0870. The number of amides is 2. The third-order valence-electron chi connectivity index (χ3n) is 4.60. The third-order valence-corrected chi connectivity index (χ3v) is 4.60. The molecule has 0 radical (unpaired) electrons. The van der Waals surface area contributed by atoms with Crippen molar-refractivity contribution in [3.8, 4) is 11.1 Å². The third kappa shape index (κ3) is 4.01. The minimum absolute atomic E-state index is 0.148. The van der Waals surface area contributed by atoms with Gasteiger partial charge in [0, 0.05) is 24.4 Å². The van der Waals surface area contributed by atoms with Crippen LogP contribution in [0.5, 0.6) is 0 Å². The summed E-state index contributed by atoms with van der Waals surface area (Å²) in [5, 5.41) is 5.65. The number of pyridine rings is 1. The van der Waals surface area contributed by atoms with Gasteiger partial charge in [0.25, 0.3) is 5.91 Å². The summed E-state index contributed by atoms with van der Waals surface area (Å²) in [6.07, 6.45) is 3.73. The van der Waals surface area contributed by atoms with Crippen molar-refractivity contribution in [3.05, 3.63) is 84.2 Å². The van der Waals surface area contributed by atoms with Gasteiger partial charge >= 0.3 is 0 Å². The summed E-state index contributed by atoms with van der Waals surface area (Å²) >= 11 is 0. The maximum absolute atomic E-state index is 12.5. The second-order valence-electron chi connectivity index (χ2n) is 6.84. The number of rotatable bonds is 4. The van der Waals surface area contributed by atoms with Crippen molar-refractivity contribution in [3.63, 3.8) is 0 Å². The molecule has 0 spiro atoms. The van der Waals surface area contributed by atoms with E-state index in [0.29, 0.717) is 11.4 Å². The summed E-state index contributed by atoms with van der Waals surface area (Å²) in [5.41, 5.74) is 5.15. The molecule has 0 aliphatic heterocycles. The average molecular weight is 384 g/mol. The number of aromatic nitrogens is 2. The number of carbonyl (C=O) groups excluding carboxylic acids is 2. The summed E-state index contributed by atoms with van der Waals surface area (Å²) in [6.45, 7) is 3.48. The molecule has 2 aromatic carbocycles. The van der Waals surface area contributed by atoms with E-state index in [0.717, 1.165) is 28.0 Å². The highest BCUT2D eigenvalue weighted by atomic mass is 16.2. The molecule has 4 aromatic rings. The molecule has 2 heterocycles. The normalized spacial score (nSPS) is 10.7. The Hall–Kier alpha value is -3.93. The van der Waals surface area contributed by atoms with Crippen molar-refractivity contribution < 1.29 is 9.59 Å². The smallest absolute Gasteiger partial charge is 0.255 e. The number of fused-ring (bicyclic) bond motifs is 1. The van der Waals surface area contributed by atoms with Crippen LogP contribution in [0.2, 0.25) is 0 Å². The lowest BCUT2D eigenvalue weighted by Gasteiger charge is -2.11. The molecule has 0 atom stereocenters. The van der Waals surface area contributed by atoms with Crippen LogP contribution in [0.25, 0.3) is 16.8 Å². The second-order valence-corrected chi connectivity index (χ2v) is 6.84. The first-order valence-electron chi connectivity index (χ1n) is 9.23. The second kappa shape index (κ2) is 7.59. The van der Waals surface area contributed by atoms with E-state index in [1.165, 1.54) is 6.92 Å². The standard InChI is InChI=1S/C23H20N4O2/c1-15-8-10-19(25-23(29)17-6-4-3-5-7-17)12-20(15)18-9-11-22-26-21(24-16(2)28)14-27(22)13-18/h3-14H,1-2H3,(H,24,28)(H,25,29). The molecule has 0 fully saturated rings. The van der Waals surface area contributed by atoms with Gasteiger partial charge in [-0.15, -0.1) is 0 Å². The summed E-state index contributed by atoms with van der Waals surface area (Å²) in [5.74, 6) is 0.201. The minimum atomic E-state index is -0.161. The van der Waals surface area contributed by atoms with Crippen LogP contribution in [0.4, 0.5) is 11.5 Å². The van der Waals surface area contributed by atoms with Gasteiger partial charge < -0.3 is 15.0 Å². The van der Waals surface area contributed by atoms with E-state index in [-0.39, 0.29) is 11.8 Å². The van der Waals surface area contributed by atoms with Gasteiger partial charge in [-0.1, -0.05) is 24.3 Å². The van der Waals surface area contributed by atoms with Gasteiger partial charge in [-0.25, -0.2) is 4.98 Å². The van der Waals surface area contributed by atoms with E-state index < -0.39 is 0 Å². The van der Waals surface area contributed by atoms with Gasteiger partial charge in [-0.05, 0) is 60.0 Å². The van der Waals surface area contributed by atoms with E-state index in [1.807, 2.05) is 66.1 Å². The predicted molar refractivity (Wildman–Crippen MR) is 114 cm³/mol. The fourth-order valence-corrected chi connectivity index (χ4v) is 3.20.